The van der Waals surface area contributed by atoms with Gasteiger partial charge in [-0.05, 0) is 24.8 Å². The molecule has 1 rings (SSSR count). The number of phenolic OH excluding ortho intramolecular Hbond substituents is 1. The second-order valence-corrected chi connectivity index (χ2v) is 5.01. The molecule has 0 bridgehead atoms. The summed E-state index contributed by atoms with van der Waals surface area (Å²) >= 11 is 1.67. The van der Waals surface area contributed by atoms with Gasteiger partial charge in [0.15, 0.2) is 0 Å². The van der Waals surface area contributed by atoms with Gasteiger partial charge in [0.25, 0.3) is 5.91 Å². The predicted molar refractivity (Wildman–Crippen MR) is 72.6 cm³/mol. The van der Waals surface area contributed by atoms with E-state index in [0.29, 0.717) is 0 Å². The molecule has 1 N–H and O–H groups in total. The number of phenols is 1. The van der Waals surface area contributed by atoms with Gasteiger partial charge in [-0.25, -0.2) is 4.39 Å². The second kappa shape index (κ2) is 6.64. The molecule has 1 aromatic carbocycles. The van der Waals surface area contributed by atoms with E-state index in [9.17, 15) is 14.3 Å². The molecular weight excluding hydrogens is 253 g/mol. The third-order valence-corrected chi connectivity index (χ3v) is 3.61. The van der Waals surface area contributed by atoms with Crippen LogP contribution in [0.5, 0.6) is 5.75 Å². The predicted octanol–water partition coefficient (Wildman–Crippen LogP) is 2.74. The summed E-state index contributed by atoms with van der Waals surface area (Å²) in [6.07, 6.45) is 2.82. The molecule has 18 heavy (non-hydrogen) atoms. The third kappa shape index (κ3) is 3.38. The molecule has 3 nitrogen and oxygen atoms in total. The van der Waals surface area contributed by atoms with Gasteiger partial charge >= 0.3 is 0 Å². The zero-order chi connectivity index (χ0) is 13.7. The fourth-order valence-corrected chi connectivity index (χ4v) is 2.58. The van der Waals surface area contributed by atoms with Crippen molar-refractivity contribution in [2.45, 2.75) is 19.4 Å². The number of aromatic hydroxyl groups is 1. The zero-order valence-corrected chi connectivity index (χ0v) is 11.6. The molecule has 0 aliphatic carbocycles. The lowest BCUT2D eigenvalue weighted by Crippen LogP contribution is -2.38. The molecule has 0 aliphatic heterocycles. The van der Waals surface area contributed by atoms with Crippen molar-refractivity contribution in [3.05, 3.63) is 29.6 Å². The van der Waals surface area contributed by atoms with Gasteiger partial charge in [-0.1, -0.05) is 6.92 Å². The number of thioether (sulfide) groups is 1. The molecule has 1 unspecified atom stereocenters. The molecule has 0 heterocycles. The molecule has 0 aromatic heterocycles. The Bertz CT molecular complexity index is 425. The molecule has 5 heteroatoms. The number of carbonyl (C=O) groups is 1. The van der Waals surface area contributed by atoms with Crippen LogP contribution in [-0.2, 0) is 0 Å². The van der Waals surface area contributed by atoms with Gasteiger partial charge in [-0.2, -0.15) is 11.8 Å². The average molecular weight is 271 g/mol. The molecular formula is C13H18FNO2S. The van der Waals surface area contributed by atoms with E-state index in [2.05, 4.69) is 0 Å². The number of amides is 1. The van der Waals surface area contributed by atoms with Crippen molar-refractivity contribution in [1.82, 2.24) is 4.90 Å². The fraction of sp³-hybridized carbons (Fsp3) is 0.462. The van der Waals surface area contributed by atoms with Crippen LogP contribution < -0.4 is 0 Å². The zero-order valence-electron chi connectivity index (χ0n) is 10.8. The Labute approximate surface area is 111 Å². The van der Waals surface area contributed by atoms with Gasteiger partial charge in [-0.3, -0.25) is 4.79 Å². The van der Waals surface area contributed by atoms with Crippen LogP contribution in [0.15, 0.2) is 18.2 Å². The largest absolute Gasteiger partial charge is 0.507 e. The van der Waals surface area contributed by atoms with Gasteiger partial charge in [0.05, 0.1) is 5.56 Å². The van der Waals surface area contributed by atoms with Crippen LogP contribution in [0.1, 0.15) is 23.7 Å². The first kappa shape index (κ1) is 14.8. The highest BCUT2D eigenvalue weighted by atomic mass is 32.2. The van der Waals surface area contributed by atoms with E-state index in [1.165, 1.54) is 12.1 Å². The fourth-order valence-electron chi connectivity index (χ4n) is 1.74. The molecule has 0 spiro atoms. The van der Waals surface area contributed by atoms with Crippen molar-refractivity contribution in [1.29, 1.82) is 0 Å². The van der Waals surface area contributed by atoms with Gasteiger partial charge in [0.1, 0.15) is 11.6 Å². The summed E-state index contributed by atoms with van der Waals surface area (Å²) in [5.41, 5.74) is 0.137. The average Bonchev–Trinajstić information content (AvgIpc) is 2.34. The van der Waals surface area contributed by atoms with Crippen molar-refractivity contribution in [2.75, 3.05) is 19.1 Å². The van der Waals surface area contributed by atoms with Crippen LogP contribution in [0.25, 0.3) is 0 Å². The minimum absolute atomic E-state index is 0.108. The van der Waals surface area contributed by atoms with Crippen LogP contribution >= 0.6 is 11.8 Å². The summed E-state index contributed by atoms with van der Waals surface area (Å²) in [7, 11) is 1.70. The van der Waals surface area contributed by atoms with Gasteiger partial charge < -0.3 is 10.0 Å². The Morgan fingerprint density at radius 1 is 1.56 bits per heavy atom. The molecule has 0 radical (unpaired) electrons. The van der Waals surface area contributed by atoms with Crippen LogP contribution in [0.2, 0.25) is 0 Å². The van der Waals surface area contributed by atoms with Gasteiger partial charge in [0, 0.05) is 24.9 Å². The van der Waals surface area contributed by atoms with E-state index < -0.39 is 5.82 Å². The Balaban J connectivity index is 2.91. The number of hydrogen-bond acceptors (Lipinski definition) is 3. The summed E-state index contributed by atoms with van der Waals surface area (Å²) in [6, 6.07) is 3.55. The Morgan fingerprint density at radius 2 is 2.22 bits per heavy atom. The number of carbonyl (C=O) groups excluding carboxylic acids is 1. The van der Waals surface area contributed by atoms with E-state index in [1.54, 1.807) is 23.7 Å². The second-order valence-electron chi connectivity index (χ2n) is 4.09. The molecule has 1 amide bonds. The molecule has 0 saturated heterocycles. The highest BCUT2D eigenvalue weighted by Crippen LogP contribution is 2.21. The highest BCUT2D eigenvalue weighted by molar-refractivity contribution is 7.98. The maximum absolute atomic E-state index is 12.9. The normalized spacial score (nSPS) is 12.2. The highest BCUT2D eigenvalue weighted by Gasteiger charge is 2.21. The van der Waals surface area contributed by atoms with Gasteiger partial charge in [0.2, 0.25) is 0 Å². The molecule has 0 saturated carbocycles. The molecule has 0 fully saturated rings. The monoisotopic (exact) mass is 271 g/mol. The van der Waals surface area contributed by atoms with Crippen molar-refractivity contribution in [3.8, 4) is 5.75 Å². The lowest BCUT2D eigenvalue weighted by atomic mass is 10.1. The van der Waals surface area contributed by atoms with Crippen molar-refractivity contribution >= 4 is 17.7 Å². The summed E-state index contributed by atoms with van der Waals surface area (Å²) in [6.45, 7) is 2.01. The number of halogens is 1. The Morgan fingerprint density at radius 3 is 2.72 bits per heavy atom. The lowest BCUT2D eigenvalue weighted by Gasteiger charge is -2.27. The molecule has 0 aliphatic rings. The third-order valence-electron chi connectivity index (χ3n) is 2.89. The maximum atomic E-state index is 12.9. The summed E-state index contributed by atoms with van der Waals surface area (Å²) in [4.78, 5) is 13.8. The first-order chi connectivity index (χ1) is 8.51. The van der Waals surface area contributed by atoms with Crippen LogP contribution in [0.3, 0.4) is 0 Å². The van der Waals surface area contributed by atoms with E-state index >= 15 is 0 Å². The van der Waals surface area contributed by atoms with E-state index in [-0.39, 0.29) is 23.3 Å². The summed E-state index contributed by atoms with van der Waals surface area (Å²) in [5.74, 6) is -0.317. The molecule has 1 atom stereocenters. The van der Waals surface area contributed by atoms with Gasteiger partial charge in [-0.15, -0.1) is 0 Å². The topological polar surface area (TPSA) is 40.5 Å². The van der Waals surface area contributed by atoms with Crippen molar-refractivity contribution in [3.63, 3.8) is 0 Å². The first-order valence-electron chi connectivity index (χ1n) is 5.75. The Kier molecular flexibility index (Phi) is 5.47. The minimum atomic E-state index is -0.553. The van der Waals surface area contributed by atoms with Crippen LogP contribution in [0, 0.1) is 5.82 Å². The standard InChI is InChI=1S/C13H18FNO2S/c1-4-10(8-18-3)15(2)13(17)11-6-5-9(14)7-12(11)16/h5-7,10,16H,4,8H2,1-3H3. The van der Waals surface area contributed by atoms with E-state index in [4.69, 9.17) is 0 Å². The summed E-state index contributed by atoms with van der Waals surface area (Å²) in [5, 5.41) is 9.60. The smallest absolute Gasteiger partial charge is 0.257 e. The van der Waals surface area contributed by atoms with E-state index in [0.717, 1.165) is 18.2 Å². The SMILES string of the molecule is CCC(CSC)N(C)C(=O)c1ccc(F)cc1O. The number of rotatable bonds is 5. The van der Waals surface area contributed by atoms with E-state index in [1.807, 2.05) is 13.2 Å². The minimum Gasteiger partial charge on any atom is -0.507 e. The molecule has 100 valence electrons. The quantitative estimate of drug-likeness (QED) is 0.895. The Hall–Kier alpha value is -1.23. The number of hydrogen-bond donors (Lipinski definition) is 1. The summed E-state index contributed by atoms with van der Waals surface area (Å²) < 4.78 is 12.9. The number of benzene rings is 1. The molecule has 1 aromatic rings. The van der Waals surface area contributed by atoms with Crippen LogP contribution in [-0.4, -0.2) is 41.0 Å². The maximum Gasteiger partial charge on any atom is 0.257 e. The first-order valence-corrected chi connectivity index (χ1v) is 7.15. The van der Waals surface area contributed by atoms with Crippen molar-refractivity contribution in [2.24, 2.45) is 0 Å². The van der Waals surface area contributed by atoms with Crippen LogP contribution in [0.4, 0.5) is 4.39 Å². The number of nitrogens with zero attached hydrogens (tertiary/aromatic N) is 1. The lowest BCUT2D eigenvalue weighted by molar-refractivity contribution is 0.0740. The van der Waals surface area contributed by atoms with Crippen molar-refractivity contribution < 1.29 is 14.3 Å².